The third-order valence-electron chi connectivity index (χ3n) is 3.92. The molecule has 2 rings (SSSR count). The molecule has 4 nitrogen and oxygen atoms in total. The van der Waals surface area contributed by atoms with Crippen molar-refractivity contribution in [1.82, 2.24) is 4.90 Å². The summed E-state index contributed by atoms with van der Waals surface area (Å²) >= 11 is 0. The van der Waals surface area contributed by atoms with E-state index in [9.17, 15) is 0 Å². The van der Waals surface area contributed by atoms with Crippen LogP contribution in [0.5, 0.6) is 11.5 Å². The highest BCUT2D eigenvalue weighted by molar-refractivity contribution is 5.57. The smallest absolute Gasteiger partial charge is 0.165 e. The third kappa shape index (κ3) is 3.37. The molecular formula is C16H26N2O2. The van der Waals surface area contributed by atoms with Crippen LogP contribution >= 0.6 is 0 Å². The Labute approximate surface area is 121 Å². The van der Waals surface area contributed by atoms with Gasteiger partial charge in [-0.3, -0.25) is 4.90 Å². The summed E-state index contributed by atoms with van der Waals surface area (Å²) in [7, 11) is 3.32. The van der Waals surface area contributed by atoms with Crippen LogP contribution in [0.4, 0.5) is 5.69 Å². The second kappa shape index (κ2) is 6.35. The number of piperidine rings is 1. The molecule has 0 saturated carbocycles. The van der Waals surface area contributed by atoms with E-state index in [4.69, 9.17) is 15.2 Å². The molecular weight excluding hydrogens is 252 g/mol. The van der Waals surface area contributed by atoms with Gasteiger partial charge in [-0.05, 0) is 24.3 Å². The van der Waals surface area contributed by atoms with Crippen LogP contribution < -0.4 is 15.2 Å². The van der Waals surface area contributed by atoms with Crippen LogP contribution in [0.15, 0.2) is 12.1 Å². The average molecular weight is 278 g/mol. The van der Waals surface area contributed by atoms with E-state index < -0.39 is 0 Å². The van der Waals surface area contributed by atoms with Crippen LogP contribution in [-0.4, -0.2) is 32.2 Å². The summed E-state index contributed by atoms with van der Waals surface area (Å²) < 4.78 is 10.9. The van der Waals surface area contributed by atoms with Crippen LogP contribution in [0.1, 0.15) is 25.8 Å². The Morgan fingerprint density at radius 1 is 1.15 bits per heavy atom. The lowest BCUT2D eigenvalue weighted by Gasteiger charge is -2.35. The minimum atomic E-state index is 0.709. The summed E-state index contributed by atoms with van der Waals surface area (Å²) in [6.45, 7) is 7.76. The Bertz CT molecular complexity index is 452. The number of benzene rings is 1. The van der Waals surface area contributed by atoms with E-state index in [0.29, 0.717) is 5.75 Å². The van der Waals surface area contributed by atoms with Gasteiger partial charge >= 0.3 is 0 Å². The first kappa shape index (κ1) is 15.0. The van der Waals surface area contributed by atoms with Gasteiger partial charge < -0.3 is 15.2 Å². The van der Waals surface area contributed by atoms with Gasteiger partial charge in [0, 0.05) is 37.0 Å². The minimum Gasteiger partial charge on any atom is -0.493 e. The summed E-state index contributed by atoms with van der Waals surface area (Å²) in [5.74, 6) is 2.99. The van der Waals surface area contributed by atoms with E-state index in [2.05, 4.69) is 18.7 Å². The molecule has 1 aromatic carbocycles. The minimum absolute atomic E-state index is 0.709. The van der Waals surface area contributed by atoms with Gasteiger partial charge in [0.2, 0.25) is 0 Å². The van der Waals surface area contributed by atoms with Crippen molar-refractivity contribution in [1.29, 1.82) is 0 Å². The number of rotatable bonds is 4. The van der Waals surface area contributed by atoms with E-state index in [-0.39, 0.29) is 0 Å². The first-order chi connectivity index (χ1) is 9.53. The second-order valence-electron chi connectivity index (χ2n) is 6.06. The highest BCUT2D eigenvalue weighted by Crippen LogP contribution is 2.35. The van der Waals surface area contributed by atoms with Gasteiger partial charge in [-0.15, -0.1) is 0 Å². The van der Waals surface area contributed by atoms with Gasteiger partial charge in [-0.2, -0.15) is 0 Å². The number of nitrogens with two attached hydrogens (primary N) is 1. The molecule has 0 spiro atoms. The lowest BCUT2D eigenvalue weighted by molar-refractivity contribution is 0.133. The monoisotopic (exact) mass is 278 g/mol. The fraction of sp³-hybridized carbons (Fsp3) is 0.625. The standard InChI is InChI=1S/C16H26N2O2/c1-11-5-12(2)9-18(8-11)10-13-6-14(17)7-15(19-3)16(13)20-4/h6-7,11-12H,5,8-10,17H2,1-4H3. The number of hydrogen-bond acceptors (Lipinski definition) is 4. The maximum absolute atomic E-state index is 5.96. The average Bonchev–Trinajstić information content (AvgIpc) is 2.36. The van der Waals surface area contributed by atoms with Crippen LogP contribution in [0.25, 0.3) is 0 Å². The first-order valence-electron chi connectivity index (χ1n) is 7.26. The summed E-state index contributed by atoms with van der Waals surface area (Å²) in [6.07, 6.45) is 1.31. The lowest BCUT2D eigenvalue weighted by atomic mass is 9.91. The SMILES string of the molecule is COc1cc(N)cc(CN2CC(C)CC(C)C2)c1OC. The molecule has 2 unspecified atom stereocenters. The van der Waals surface area contributed by atoms with Gasteiger partial charge in [0.05, 0.1) is 14.2 Å². The Morgan fingerprint density at radius 3 is 2.35 bits per heavy atom. The van der Waals surface area contributed by atoms with Crippen LogP contribution in [0.3, 0.4) is 0 Å². The number of ether oxygens (including phenoxy) is 2. The number of anilines is 1. The Morgan fingerprint density at radius 2 is 1.80 bits per heavy atom. The maximum Gasteiger partial charge on any atom is 0.165 e. The van der Waals surface area contributed by atoms with Crippen LogP contribution in [0.2, 0.25) is 0 Å². The molecule has 2 N–H and O–H groups in total. The Kier molecular flexibility index (Phi) is 4.76. The molecule has 1 aliphatic heterocycles. The summed E-state index contributed by atoms with van der Waals surface area (Å²) in [5, 5.41) is 0. The Hall–Kier alpha value is -1.42. The van der Waals surface area contributed by atoms with Crippen molar-refractivity contribution >= 4 is 5.69 Å². The van der Waals surface area contributed by atoms with E-state index in [1.54, 1.807) is 14.2 Å². The predicted molar refractivity (Wildman–Crippen MR) is 82.2 cm³/mol. The van der Waals surface area contributed by atoms with Crippen molar-refractivity contribution in [2.75, 3.05) is 33.0 Å². The van der Waals surface area contributed by atoms with Gasteiger partial charge in [0.1, 0.15) is 0 Å². The third-order valence-corrected chi connectivity index (χ3v) is 3.92. The topological polar surface area (TPSA) is 47.7 Å². The molecule has 0 amide bonds. The van der Waals surface area contributed by atoms with Crippen molar-refractivity contribution in [2.24, 2.45) is 11.8 Å². The van der Waals surface area contributed by atoms with Crippen molar-refractivity contribution in [3.63, 3.8) is 0 Å². The quantitative estimate of drug-likeness (QED) is 0.860. The summed E-state index contributed by atoms with van der Waals surface area (Å²) in [6, 6.07) is 3.80. The van der Waals surface area contributed by atoms with E-state index in [1.165, 1.54) is 6.42 Å². The molecule has 0 radical (unpaired) electrons. The van der Waals surface area contributed by atoms with Gasteiger partial charge in [0.25, 0.3) is 0 Å². The normalized spacial score (nSPS) is 23.6. The van der Waals surface area contributed by atoms with Crippen molar-refractivity contribution in [3.05, 3.63) is 17.7 Å². The largest absolute Gasteiger partial charge is 0.493 e. The fourth-order valence-corrected chi connectivity index (χ4v) is 3.35. The van der Waals surface area contributed by atoms with Gasteiger partial charge in [-0.25, -0.2) is 0 Å². The van der Waals surface area contributed by atoms with E-state index >= 15 is 0 Å². The van der Waals surface area contributed by atoms with Crippen molar-refractivity contribution in [3.8, 4) is 11.5 Å². The first-order valence-corrected chi connectivity index (χ1v) is 7.26. The molecule has 1 aliphatic rings. The molecule has 1 heterocycles. The lowest BCUT2D eigenvalue weighted by Crippen LogP contribution is -2.38. The summed E-state index contributed by atoms with van der Waals surface area (Å²) in [4.78, 5) is 2.48. The zero-order chi connectivity index (χ0) is 14.7. The number of nitrogen functional groups attached to an aromatic ring is 1. The molecule has 2 atom stereocenters. The molecule has 0 aromatic heterocycles. The molecule has 112 valence electrons. The van der Waals surface area contributed by atoms with Gasteiger partial charge in [-0.1, -0.05) is 13.8 Å². The highest BCUT2D eigenvalue weighted by Gasteiger charge is 2.23. The number of nitrogens with zero attached hydrogens (tertiary/aromatic N) is 1. The second-order valence-corrected chi connectivity index (χ2v) is 6.06. The van der Waals surface area contributed by atoms with Crippen molar-refractivity contribution in [2.45, 2.75) is 26.8 Å². The van der Waals surface area contributed by atoms with E-state index in [0.717, 1.165) is 48.5 Å². The molecule has 1 fully saturated rings. The molecule has 20 heavy (non-hydrogen) atoms. The number of hydrogen-bond donors (Lipinski definition) is 1. The molecule has 1 aromatic rings. The number of methoxy groups -OCH3 is 2. The van der Waals surface area contributed by atoms with Crippen LogP contribution in [0, 0.1) is 11.8 Å². The Balaban J connectivity index is 2.21. The molecule has 0 bridgehead atoms. The fourth-order valence-electron chi connectivity index (χ4n) is 3.35. The molecule has 1 saturated heterocycles. The van der Waals surface area contributed by atoms with Crippen LogP contribution in [-0.2, 0) is 6.54 Å². The molecule has 0 aliphatic carbocycles. The number of likely N-dealkylation sites (tertiary alicyclic amines) is 1. The highest BCUT2D eigenvalue weighted by atomic mass is 16.5. The van der Waals surface area contributed by atoms with Gasteiger partial charge in [0.15, 0.2) is 11.5 Å². The summed E-state index contributed by atoms with van der Waals surface area (Å²) in [5.41, 5.74) is 7.78. The molecule has 4 heteroatoms. The zero-order valence-corrected chi connectivity index (χ0v) is 13.0. The van der Waals surface area contributed by atoms with Crippen molar-refractivity contribution < 1.29 is 9.47 Å². The maximum atomic E-state index is 5.96. The van der Waals surface area contributed by atoms with E-state index in [1.807, 2.05) is 12.1 Å². The zero-order valence-electron chi connectivity index (χ0n) is 13.0. The predicted octanol–water partition coefficient (Wildman–Crippen LogP) is 2.76.